The van der Waals surface area contributed by atoms with E-state index >= 15 is 0 Å². The molecule has 9 nitrogen and oxygen atoms in total. The van der Waals surface area contributed by atoms with Crippen LogP contribution in [0, 0.1) is 0 Å². The van der Waals surface area contributed by atoms with Crippen molar-refractivity contribution in [3.63, 3.8) is 0 Å². The lowest BCUT2D eigenvalue weighted by Gasteiger charge is -2.14. The minimum atomic E-state index is -0.829. The molecule has 0 fully saturated rings. The number of phenols is 1. The van der Waals surface area contributed by atoms with Gasteiger partial charge in [-0.15, -0.1) is 5.10 Å². The molecule has 1 aliphatic heterocycles. The van der Waals surface area contributed by atoms with Gasteiger partial charge in [0.25, 0.3) is 6.29 Å². The fourth-order valence-electron chi connectivity index (χ4n) is 3.52. The van der Waals surface area contributed by atoms with Gasteiger partial charge < -0.3 is 24.3 Å². The number of ether oxygens (including phenoxy) is 2. The van der Waals surface area contributed by atoms with Crippen LogP contribution in [0.3, 0.4) is 0 Å². The second-order valence-corrected chi connectivity index (χ2v) is 7.18. The largest absolute Gasteiger partial charge is 0.507 e. The normalized spacial score (nSPS) is 16.0. The average Bonchev–Trinajstić information content (AvgIpc) is 3.45. The van der Waals surface area contributed by atoms with Crippen molar-refractivity contribution in [1.29, 1.82) is 0 Å². The van der Waals surface area contributed by atoms with Crippen LogP contribution in [0.5, 0.6) is 11.8 Å². The van der Waals surface area contributed by atoms with Crippen LogP contribution in [0.25, 0.3) is 22.5 Å². The number of benzene rings is 2. The zero-order valence-electron chi connectivity index (χ0n) is 16.3. The van der Waals surface area contributed by atoms with E-state index in [1.807, 2.05) is 22.8 Å². The van der Waals surface area contributed by atoms with Crippen LogP contribution in [0.2, 0.25) is 0 Å². The second kappa shape index (κ2) is 6.80. The van der Waals surface area contributed by atoms with Crippen LogP contribution in [0.15, 0.2) is 55.1 Å². The Balaban J connectivity index is 1.56. The van der Waals surface area contributed by atoms with Gasteiger partial charge in [-0.25, -0.2) is 9.55 Å². The number of aromatic hydroxyl groups is 2. The number of fused-ring (bicyclic) bond motifs is 1. The van der Waals surface area contributed by atoms with Gasteiger partial charge in [0.2, 0.25) is 11.6 Å². The molecule has 30 heavy (non-hydrogen) atoms. The van der Waals surface area contributed by atoms with E-state index in [2.05, 4.69) is 29.0 Å². The standard InChI is InChI=1S/C21H19N5O4/c1-12(2)25-11-22-18-14(25)7-5-8-15(18)26-19(23-24-21(26)28)17-10-29-20(30-17)13-6-3-4-9-16(13)27/h3-12,20,27H,1-2H3,(H,24,28). The molecule has 0 spiro atoms. The van der Waals surface area contributed by atoms with Crippen molar-refractivity contribution in [3.8, 4) is 17.4 Å². The highest BCUT2D eigenvalue weighted by molar-refractivity contribution is 5.85. The molecular formula is C21H19N5O4. The summed E-state index contributed by atoms with van der Waals surface area (Å²) in [6.45, 7) is 4.15. The molecule has 2 aromatic heterocycles. The molecule has 3 heterocycles. The summed E-state index contributed by atoms with van der Waals surface area (Å²) in [7, 11) is 0. The van der Waals surface area contributed by atoms with Gasteiger partial charge in [0.15, 0.2) is 0 Å². The fourth-order valence-corrected chi connectivity index (χ4v) is 3.52. The first-order valence-corrected chi connectivity index (χ1v) is 9.45. The Morgan fingerprint density at radius 2 is 1.87 bits per heavy atom. The van der Waals surface area contributed by atoms with Gasteiger partial charge in [0, 0.05) is 6.04 Å². The Bertz CT molecular complexity index is 1270. The van der Waals surface area contributed by atoms with E-state index in [-0.39, 0.29) is 29.4 Å². The van der Waals surface area contributed by atoms with Crippen molar-refractivity contribution in [2.24, 2.45) is 0 Å². The summed E-state index contributed by atoms with van der Waals surface area (Å²) in [5, 5.41) is 28.4. The number of aromatic nitrogens is 5. The summed E-state index contributed by atoms with van der Waals surface area (Å²) in [5.41, 5.74) is 2.71. The number of phenolic OH excluding ortho intramolecular Hbond substituents is 1. The van der Waals surface area contributed by atoms with Crippen LogP contribution >= 0.6 is 0 Å². The van der Waals surface area contributed by atoms with Crippen molar-refractivity contribution in [2.75, 3.05) is 0 Å². The second-order valence-electron chi connectivity index (χ2n) is 7.18. The van der Waals surface area contributed by atoms with Crippen molar-refractivity contribution >= 4 is 16.8 Å². The molecule has 0 saturated carbocycles. The Hall–Kier alpha value is -4.01. The lowest BCUT2D eigenvalue weighted by atomic mass is 10.2. The summed E-state index contributed by atoms with van der Waals surface area (Å²) in [6.07, 6.45) is 2.33. The minimum absolute atomic E-state index is 0.0606. The molecule has 1 atom stereocenters. The number of para-hydroxylation sites is 2. The van der Waals surface area contributed by atoms with Crippen molar-refractivity contribution in [2.45, 2.75) is 26.2 Å². The molecule has 4 aromatic rings. The molecular weight excluding hydrogens is 386 g/mol. The maximum absolute atomic E-state index is 10.4. The van der Waals surface area contributed by atoms with Crippen LogP contribution in [0.1, 0.15) is 37.6 Å². The molecule has 0 saturated heterocycles. The Kier molecular flexibility index (Phi) is 4.09. The summed E-state index contributed by atoms with van der Waals surface area (Å²) in [6, 6.07) is 12.4. The summed E-state index contributed by atoms with van der Waals surface area (Å²) in [4.78, 5) is 4.53. The average molecular weight is 405 g/mol. The Morgan fingerprint density at radius 1 is 1.03 bits per heavy atom. The van der Waals surface area contributed by atoms with Gasteiger partial charge in [-0.1, -0.05) is 23.3 Å². The molecule has 1 unspecified atom stereocenters. The molecule has 1 aliphatic rings. The lowest BCUT2D eigenvalue weighted by molar-refractivity contribution is -0.0190. The monoisotopic (exact) mass is 405 g/mol. The third kappa shape index (κ3) is 2.74. The quantitative estimate of drug-likeness (QED) is 0.533. The summed E-state index contributed by atoms with van der Waals surface area (Å²) < 4.78 is 15.0. The zero-order chi connectivity index (χ0) is 20.8. The van der Waals surface area contributed by atoms with Gasteiger partial charge in [-0.05, 0) is 38.1 Å². The molecule has 152 valence electrons. The first-order chi connectivity index (χ1) is 14.5. The van der Waals surface area contributed by atoms with E-state index in [4.69, 9.17) is 9.47 Å². The fraction of sp³-hybridized carbons (Fsp3) is 0.190. The van der Waals surface area contributed by atoms with Crippen molar-refractivity contribution < 1.29 is 19.7 Å². The number of hydrogen-bond donors (Lipinski definition) is 2. The highest BCUT2D eigenvalue weighted by atomic mass is 16.7. The van der Waals surface area contributed by atoms with E-state index in [0.29, 0.717) is 16.8 Å². The topological polar surface area (TPSA) is 107 Å². The van der Waals surface area contributed by atoms with Crippen LogP contribution in [-0.4, -0.2) is 34.5 Å². The van der Waals surface area contributed by atoms with E-state index in [1.165, 1.54) is 10.8 Å². The molecule has 2 N–H and O–H groups in total. The molecule has 5 rings (SSSR count). The summed E-state index contributed by atoms with van der Waals surface area (Å²) >= 11 is 0. The number of nitrogens with zero attached hydrogens (tertiary/aromatic N) is 5. The molecule has 2 aromatic carbocycles. The van der Waals surface area contributed by atoms with Gasteiger partial charge in [-0.2, -0.15) is 0 Å². The molecule has 0 amide bonds. The maximum Gasteiger partial charge on any atom is 0.319 e. The smallest absolute Gasteiger partial charge is 0.319 e. The highest BCUT2D eigenvalue weighted by Crippen LogP contribution is 2.38. The molecule has 0 aliphatic carbocycles. The minimum Gasteiger partial charge on any atom is -0.507 e. The predicted molar refractivity (Wildman–Crippen MR) is 108 cm³/mol. The molecule has 0 radical (unpaired) electrons. The number of hydrogen-bond acceptors (Lipinski definition) is 7. The van der Waals surface area contributed by atoms with E-state index in [1.54, 1.807) is 30.6 Å². The van der Waals surface area contributed by atoms with Crippen molar-refractivity contribution in [1.82, 2.24) is 24.3 Å². The number of imidazole rings is 1. The van der Waals surface area contributed by atoms with E-state index in [0.717, 1.165) is 5.52 Å². The van der Waals surface area contributed by atoms with Gasteiger partial charge >= 0.3 is 6.01 Å². The predicted octanol–water partition coefficient (Wildman–Crippen LogP) is 3.65. The molecule has 0 bridgehead atoms. The highest BCUT2D eigenvalue weighted by Gasteiger charge is 2.30. The first kappa shape index (κ1) is 18.0. The Morgan fingerprint density at radius 3 is 2.67 bits per heavy atom. The third-order valence-electron chi connectivity index (χ3n) is 4.97. The van der Waals surface area contributed by atoms with Crippen molar-refractivity contribution in [3.05, 3.63) is 66.4 Å². The third-order valence-corrected chi connectivity index (χ3v) is 4.97. The van der Waals surface area contributed by atoms with Crippen LogP contribution < -0.4 is 0 Å². The van der Waals surface area contributed by atoms with E-state index in [9.17, 15) is 10.2 Å². The molecule has 9 heteroatoms. The van der Waals surface area contributed by atoms with Gasteiger partial charge in [0.1, 0.15) is 17.5 Å². The lowest BCUT2D eigenvalue weighted by Crippen LogP contribution is -2.04. The first-order valence-electron chi connectivity index (χ1n) is 9.45. The van der Waals surface area contributed by atoms with Crippen LogP contribution in [0.4, 0.5) is 0 Å². The van der Waals surface area contributed by atoms with Crippen LogP contribution in [-0.2, 0) is 9.47 Å². The van der Waals surface area contributed by atoms with E-state index < -0.39 is 6.29 Å². The van der Waals surface area contributed by atoms with Gasteiger partial charge in [0.05, 0.1) is 23.1 Å². The summed E-state index contributed by atoms with van der Waals surface area (Å²) in [5.74, 6) is 0.596. The van der Waals surface area contributed by atoms with Gasteiger partial charge in [-0.3, -0.25) is 0 Å². The SMILES string of the molecule is CC(C)n1cnc2c(-n3c(O)nnc3C3=COC(c4ccccc4O)O3)cccc21. The Labute approximate surface area is 171 Å². The maximum atomic E-state index is 10.4. The zero-order valence-corrected chi connectivity index (χ0v) is 16.3. The number of rotatable bonds is 4.